The van der Waals surface area contributed by atoms with E-state index in [0.717, 1.165) is 44.8 Å². The minimum absolute atomic E-state index is 0.0687. The van der Waals surface area contributed by atoms with Crippen molar-refractivity contribution in [2.75, 3.05) is 46.8 Å². The molecule has 22 heavy (non-hydrogen) atoms. The number of amides is 2. The number of hydrogen-bond donors (Lipinski definition) is 2. The third-order valence-corrected chi connectivity index (χ3v) is 4.82. The van der Waals surface area contributed by atoms with E-state index in [1.54, 1.807) is 6.20 Å². The highest BCUT2D eigenvalue weighted by atomic mass is 16.2. The number of H-pyrrole nitrogens is 1. The minimum Gasteiger partial charge on any atom is -0.347 e. The van der Waals surface area contributed by atoms with Crippen molar-refractivity contribution >= 4 is 6.03 Å². The number of aromatic amines is 1. The fraction of sp³-hybridized carbons (Fsp3) is 0.733. The second-order valence-electron chi connectivity index (χ2n) is 6.44. The van der Waals surface area contributed by atoms with Crippen molar-refractivity contribution in [2.24, 2.45) is 0 Å². The Morgan fingerprint density at radius 2 is 2.05 bits per heavy atom. The number of likely N-dealkylation sites (N-methyl/N-ethyl adjacent to an activating group) is 1. The maximum Gasteiger partial charge on any atom is 0.317 e. The summed E-state index contributed by atoms with van der Waals surface area (Å²) in [4.78, 5) is 26.5. The van der Waals surface area contributed by atoms with Crippen molar-refractivity contribution in [3.63, 3.8) is 0 Å². The number of carbonyl (C=O) groups excluding carboxylic acids is 1. The Hall–Kier alpha value is -1.60. The van der Waals surface area contributed by atoms with E-state index in [2.05, 4.69) is 39.2 Å². The summed E-state index contributed by atoms with van der Waals surface area (Å²) in [7, 11) is 4.21. The van der Waals surface area contributed by atoms with Crippen LogP contribution in [0.15, 0.2) is 12.4 Å². The average molecular weight is 306 g/mol. The van der Waals surface area contributed by atoms with Crippen LogP contribution in [0.4, 0.5) is 4.79 Å². The summed E-state index contributed by atoms with van der Waals surface area (Å²) < 4.78 is 0. The van der Waals surface area contributed by atoms with E-state index in [1.807, 2.05) is 11.1 Å². The third kappa shape index (κ3) is 3.41. The van der Waals surface area contributed by atoms with Crippen molar-refractivity contribution in [1.29, 1.82) is 0 Å². The van der Waals surface area contributed by atoms with E-state index in [0.29, 0.717) is 12.6 Å². The van der Waals surface area contributed by atoms with Gasteiger partial charge < -0.3 is 20.1 Å². The second-order valence-corrected chi connectivity index (χ2v) is 6.44. The predicted octanol–water partition coefficient (Wildman–Crippen LogP) is 0.502. The monoisotopic (exact) mass is 306 g/mol. The van der Waals surface area contributed by atoms with Crippen LogP contribution < -0.4 is 5.32 Å². The number of hydrogen-bond acceptors (Lipinski definition) is 4. The molecule has 3 rings (SSSR count). The molecule has 2 saturated heterocycles. The van der Waals surface area contributed by atoms with Crippen molar-refractivity contribution in [2.45, 2.75) is 24.9 Å². The Labute approximate surface area is 131 Å². The van der Waals surface area contributed by atoms with Crippen LogP contribution in [-0.2, 0) is 0 Å². The van der Waals surface area contributed by atoms with Crippen LogP contribution in [0.5, 0.6) is 0 Å². The molecule has 2 fully saturated rings. The molecule has 0 aromatic carbocycles. The summed E-state index contributed by atoms with van der Waals surface area (Å²) in [5, 5.41) is 3.20. The molecule has 2 aliphatic heterocycles. The van der Waals surface area contributed by atoms with E-state index in [-0.39, 0.29) is 12.1 Å². The lowest BCUT2D eigenvalue weighted by atomic mass is 10.1. The largest absolute Gasteiger partial charge is 0.347 e. The summed E-state index contributed by atoms with van der Waals surface area (Å²) in [5.41, 5.74) is 0. The van der Waals surface area contributed by atoms with Gasteiger partial charge in [-0.3, -0.25) is 4.90 Å². The fourth-order valence-electron chi connectivity index (χ4n) is 3.23. The summed E-state index contributed by atoms with van der Waals surface area (Å²) in [5.74, 6) is 0.930. The highest BCUT2D eigenvalue weighted by Crippen LogP contribution is 2.21. The van der Waals surface area contributed by atoms with Crippen molar-refractivity contribution in [3.8, 4) is 0 Å². The van der Waals surface area contributed by atoms with Crippen LogP contribution in [0.3, 0.4) is 0 Å². The van der Waals surface area contributed by atoms with Crippen LogP contribution in [0.2, 0.25) is 0 Å². The number of likely N-dealkylation sites (tertiary alicyclic amines) is 1. The molecule has 7 heteroatoms. The summed E-state index contributed by atoms with van der Waals surface area (Å²) >= 11 is 0. The number of aromatic nitrogens is 2. The molecule has 0 spiro atoms. The van der Waals surface area contributed by atoms with Gasteiger partial charge in [-0.15, -0.1) is 0 Å². The van der Waals surface area contributed by atoms with Gasteiger partial charge in [0.05, 0.1) is 6.04 Å². The van der Waals surface area contributed by atoms with Crippen LogP contribution in [-0.4, -0.2) is 83.6 Å². The summed E-state index contributed by atoms with van der Waals surface area (Å²) in [6.07, 6.45) is 5.68. The SMILES string of the molecule is CN1CCC(NC(=O)N2CCN(C)C(c3ncc[nH]3)C2)CC1. The lowest BCUT2D eigenvalue weighted by Gasteiger charge is -2.39. The first-order valence-electron chi connectivity index (χ1n) is 8.07. The molecule has 7 nitrogen and oxygen atoms in total. The highest BCUT2D eigenvalue weighted by Gasteiger charge is 2.31. The quantitative estimate of drug-likeness (QED) is 0.835. The van der Waals surface area contributed by atoms with Gasteiger partial charge in [-0.05, 0) is 40.0 Å². The maximum absolute atomic E-state index is 12.5. The molecule has 1 atom stereocenters. The first kappa shape index (κ1) is 15.3. The van der Waals surface area contributed by atoms with Gasteiger partial charge in [-0.2, -0.15) is 0 Å². The molecule has 2 aliphatic rings. The molecule has 2 amide bonds. The molecule has 0 saturated carbocycles. The number of nitrogens with one attached hydrogen (secondary N) is 2. The highest BCUT2D eigenvalue weighted by molar-refractivity contribution is 5.74. The van der Waals surface area contributed by atoms with Crippen LogP contribution in [0, 0.1) is 0 Å². The average Bonchev–Trinajstić information content (AvgIpc) is 3.04. The number of piperidine rings is 1. The Morgan fingerprint density at radius 1 is 1.27 bits per heavy atom. The standard InChI is InChI=1S/C15H26N6O/c1-19-7-3-12(4-8-19)18-15(22)21-10-9-20(2)13(11-21)14-16-5-6-17-14/h5-6,12-13H,3-4,7-11H2,1-2H3,(H,16,17)(H,18,22). The smallest absolute Gasteiger partial charge is 0.317 e. The van der Waals surface area contributed by atoms with Crippen molar-refractivity contribution in [3.05, 3.63) is 18.2 Å². The van der Waals surface area contributed by atoms with Gasteiger partial charge in [-0.1, -0.05) is 0 Å². The number of rotatable bonds is 2. The summed E-state index contributed by atoms with van der Waals surface area (Å²) in [6, 6.07) is 0.525. The molecule has 0 radical (unpaired) electrons. The number of imidazole rings is 1. The Kier molecular flexibility index (Phi) is 4.63. The summed E-state index contributed by atoms with van der Waals surface area (Å²) in [6.45, 7) is 4.44. The first-order chi connectivity index (χ1) is 10.6. The van der Waals surface area contributed by atoms with Gasteiger partial charge in [0.25, 0.3) is 0 Å². The van der Waals surface area contributed by atoms with Gasteiger partial charge in [0.15, 0.2) is 0 Å². The zero-order valence-electron chi connectivity index (χ0n) is 13.5. The van der Waals surface area contributed by atoms with E-state index in [1.165, 1.54) is 0 Å². The van der Waals surface area contributed by atoms with E-state index in [9.17, 15) is 4.79 Å². The molecule has 2 N–H and O–H groups in total. The normalized spacial score (nSPS) is 25.4. The maximum atomic E-state index is 12.5. The third-order valence-electron chi connectivity index (χ3n) is 4.82. The lowest BCUT2D eigenvalue weighted by Crippen LogP contribution is -2.55. The number of piperazine rings is 1. The molecular weight excluding hydrogens is 280 g/mol. The molecule has 3 heterocycles. The number of nitrogens with zero attached hydrogens (tertiary/aromatic N) is 4. The van der Waals surface area contributed by atoms with Crippen LogP contribution >= 0.6 is 0 Å². The molecule has 1 aromatic heterocycles. The number of carbonyl (C=O) groups is 1. The Balaban J connectivity index is 1.56. The Bertz CT molecular complexity index is 482. The Morgan fingerprint density at radius 3 is 2.73 bits per heavy atom. The van der Waals surface area contributed by atoms with Crippen molar-refractivity contribution < 1.29 is 4.79 Å². The minimum atomic E-state index is 0.0687. The number of urea groups is 1. The van der Waals surface area contributed by atoms with Crippen LogP contribution in [0.25, 0.3) is 0 Å². The van der Waals surface area contributed by atoms with Crippen LogP contribution in [0.1, 0.15) is 24.7 Å². The molecule has 122 valence electrons. The van der Waals surface area contributed by atoms with Gasteiger partial charge in [0.2, 0.25) is 0 Å². The van der Waals surface area contributed by atoms with E-state index >= 15 is 0 Å². The predicted molar refractivity (Wildman–Crippen MR) is 84.6 cm³/mol. The van der Waals surface area contributed by atoms with Gasteiger partial charge in [0.1, 0.15) is 5.82 Å². The molecule has 1 aromatic rings. The fourth-order valence-corrected chi connectivity index (χ4v) is 3.23. The molecule has 0 bridgehead atoms. The molecule has 0 aliphatic carbocycles. The zero-order chi connectivity index (χ0) is 15.5. The molecular formula is C15H26N6O. The zero-order valence-corrected chi connectivity index (χ0v) is 13.5. The molecule has 1 unspecified atom stereocenters. The first-order valence-corrected chi connectivity index (χ1v) is 8.07. The topological polar surface area (TPSA) is 67.5 Å². The van der Waals surface area contributed by atoms with E-state index < -0.39 is 0 Å². The van der Waals surface area contributed by atoms with Gasteiger partial charge >= 0.3 is 6.03 Å². The van der Waals surface area contributed by atoms with E-state index in [4.69, 9.17) is 0 Å². The van der Waals surface area contributed by atoms with Crippen molar-refractivity contribution in [1.82, 2.24) is 30.0 Å². The van der Waals surface area contributed by atoms with Gasteiger partial charge in [0, 0.05) is 38.1 Å². The lowest BCUT2D eigenvalue weighted by molar-refractivity contribution is 0.102. The second kappa shape index (κ2) is 6.66. The van der Waals surface area contributed by atoms with Gasteiger partial charge in [-0.25, -0.2) is 9.78 Å².